The molecule has 0 unspecified atom stereocenters. The lowest BCUT2D eigenvalue weighted by atomic mass is 10.1. The van der Waals surface area contributed by atoms with Crippen LogP contribution in [0.15, 0.2) is 48.5 Å². The SMILES string of the molecule is O=Cc1ccc(N2CCN(C(=O)c3ccccc3Cl)CC2)cc1. The van der Waals surface area contributed by atoms with Gasteiger partial charge in [0.1, 0.15) is 6.29 Å². The highest BCUT2D eigenvalue weighted by molar-refractivity contribution is 6.33. The summed E-state index contributed by atoms with van der Waals surface area (Å²) in [7, 11) is 0. The van der Waals surface area contributed by atoms with Crippen LogP contribution in [0.1, 0.15) is 20.7 Å². The van der Waals surface area contributed by atoms with Gasteiger partial charge in [-0.15, -0.1) is 0 Å². The van der Waals surface area contributed by atoms with E-state index < -0.39 is 0 Å². The Kier molecular flexibility index (Phi) is 4.63. The summed E-state index contributed by atoms with van der Waals surface area (Å²) in [6.45, 7) is 2.83. The maximum absolute atomic E-state index is 12.5. The van der Waals surface area contributed by atoms with E-state index in [4.69, 9.17) is 11.6 Å². The van der Waals surface area contributed by atoms with Crippen LogP contribution in [0.3, 0.4) is 0 Å². The first-order valence-electron chi connectivity index (χ1n) is 7.53. The predicted octanol–water partition coefficient (Wildman–Crippen LogP) is 3.11. The second-order valence-electron chi connectivity index (χ2n) is 5.47. The van der Waals surface area contributed by atoms with Crippen LogP contribution in [0, 0.1) is 0 Å². The van der Waals surface area contributed by atoms with Gasteiger partial charge in [0, 0.05) is 37.4 Å². The molecule has 0 N–H and O–H groups in total. The predicted molar refractivity (Wildman–Crippen MR) is 91.4 cm³/mol. The van der Waals surface area contributed by atoms with Gasteiger partial charge in [0.15, 0.2) is 0 Å². The quantitative estimate of drug-likeness (QED) is 0.813. The number of rotatable bonds is 3. The molecule has 0 bridgehead atoms. The number of anilines is 1. The van der Waals surface area contributed by atoms with E-state index in [1.165, 1.54) is 0 Å². The average molecular weight is 329 g/mol. The molecule has 4 nitrogen and oxygen atoms in total. The number of amides is 1. The minimum Gasteiger partial charge on any atom is -0.368 e. The van der Waals surface area contributed by atoms with E-state index in [1.54, 1.807) is 12.1 Å². The fourth-order valence-electron chi connectivity index (χ4n) is 2.74. The van der Waals surface area contributed by atoms with Crippen LogP contribution >= 0.6 is 11.6 Å². The van der Waals surface area contributed by atoms with Crippen molar-refractivity contribution in [2.45, 2.75) is 0 Å². The van der Waals surface area contributed by atoms with E-state index in [0.29, 0.717) is 29.2 Å². The number of halogens is 1. The number of carbonyl (C=O) groups excluding carboxylic acids is 2. The van der Waals surface area contributed by atoms with Crippen LogP contribution in [-0.2, 0) is 0 Å². The lowest BCUT2D eigenvalue weighted by molar-refractivity contribution is 0.0747. The fourth-order valence-corrected chi connectivity index (χ4v) is 2.95. The third-order valence-electron chi connectivity index (χ3n) is 4.07. The molecule has 2 aromatic rings. The van der Waals surface area contributed by atoms with Crippen molar-refractivity contribution in [1.29, 1.82) is 0 Å². The van der Waals surface area contributed by atoms with Gasteiger partial charge in [0.05, 0.1) is 10.6 Å². The van der Waals surface area contributed by atoms with Crippen molar-refractivity contribution in [3.8, 4) is 0 Å². The number of nitrogens with zero attached hydrogens (tertiary/aromatic N) is 2. The molecule has 1 aliphatic rings. The molecule has 1 amide bonds. The second-order valence-corrected chi connectivity index (χ2v) is 5.88. The number of benzene rings is 2. The van der Waals surface area contributed by atoms with Crippen molar-refractivity contribution in [1.82, 2.24) is 4.90 Å². The van der Waals surface area contributed by atoms with E-state index in [0.717, 1.165) is 25.1 Å². The number of hydrogen-bond donors (Lipinski definition) is 0. The number of carbonyl (C=O) groups is 2. The Labute approximate surface area is 140 Å². The Hall–Kier alpha value is -2.33. The molecule has 1 aliphatic heterocycles. The first-order valence-corrected chi connectivity index (χ1v) is 7.91. The zero-order chi connectivity index (χ0) is 16.2. The molecular formula is C18H17ClN2O2. The summed E-state index contributed by atoms with van der Waals surface area (Å²) >= 11 is 6.11. The minimum atomic E-state index is -0.0217. The number of hydrogen-bond acceptors (Lipinski definition) is 3. The van der Waals surface area contributed by atoms with Crippen molar-refractivity contribution < 1.29 is 9.59 Å². The van der Waals surface area contributed by atoms with Gasteiger partial charge in [-0.1, -0.05) is 23.7 Å². The van der Waals surface area contributed by atoms with Crippen molar-refractivity contribution >= 4 is 29.5 Å². The molecule has 2 aromatic carbocycles. The summed E-state index contributed by atoms with van der Waals surface area (Å²) in [6, 6.07) is 14.6. The molecule has 0 atom stereocenters. The van der Waals surface area contributed by atoms with Gasteiger partial charge in [-0.3, -0.25) is 9.59 Å². The maximum atomic E-state index is 12.5. The van der Waals surface area contributed by atoms with E-state index >= 15 is 0 Å². The maximum Gasteiger partial charge on any atom is 0.255 e. The molecule has 0 saturated carbocycles. The second kappa shape index (κ2) is 6.84. The molecule has 3 rings (SSSR count). The normalized spacial score (nSPS) is 14.7. The first kappa shape index (κ1) is 15.6. The summed E-state index contributed by atoms with van der Waals surface area (Å²) in [5, 5.41) is 0.490. The molecule has 0 radical (unpaired) electrons. The van der Waals surface area contributed by atoms with Gasteiger partial charge < -0.3 is 9.80 Å². The monoisotopic (exact) mass is 328 g/mol. The van der Waals surface area contributed by atoms with Crippen LogP contribution in [-0.4, -0.2) is 43.3 Å². The Bertz CT molecular complexity index is 707. The molecule has 0 aromatic heterocycles. The highest BCUT2D eigenvalue weighted by atomic mass is 35.5. The lowest BCUT2D eigenvalue weighted by Gasteiger charge is -2.36. The number of aldehydes is 1. The Balaban J connectivity index is 1.65. The molecule has 23 heavy (non-hydrogen) atoms. The molecule has 1 heterocycles. The summed E-state index contributed by atoms with van der Waals surface area (Å²) in [5.74, 6) is -0.0217. The van der Waals surface area contributed by atoms with Crippen molar-refractivity contribution in [2.75, 3.05) is 31.1 Å². The van der Waals surface area contributed by atoms with Crippen LogP contribution in [0.4, 0.5) is 5.69 Å². The molecule has 118 valence electrons. The first-order chi connectivity index (χ1) is 11.2. The zero-order valence-electron chi connectivity index (χ0n) is 12.6. The van der Waals surface area contributed by atoms with Gasteiger partial charge in [-0.25, -0.2) is 0 Å². The lowest BCUT2D eigenvalue weighted by Crippen LogP contribution is -2.48. The largest absolute Gasteiger partial charge is 0.368 e. The van der Waals surface area contributed by atoms with Crippen LogP contribution < -0.4 is 4.90 Å². The smallest absolute Gasteiger partial charge is 0.255 e. The van der Waals surface area contributed by atoms with E-state index in [-0.39, 0.29) is 5.91 Å². The van der Waals surface area contributed by atoms with Crippen LogP contribution in [0.2, 0.25) is 5.02 Å². The van der Waals surface area contributed by atoms with Crippen LogP contribution in [0.5, 0.6) is 0 Å². The van der Waals surface area contributed by atoms with Gasteiger partial charge in [-0.05, 0) is 36.4 Å². The molecule has 1 saturated heterocycles. The Morgan fingerprint density at radius 3 is 2.22 bits per heavy atom. The topological polar surface area (TPSA) is 40.6 Å². The average Bonchev–Trinajstić information content (AvgIpc) is 2.62. The summed E-state index contributed by atoms with van der Waals surface area (Å²) in [5.41, 5.74) is 2.29. The van der Waals surface area contributed by atoms with Gasteiger partial charge in [0.2, 0.25) is 0 Å². The van der Waals surface area contributed by atoms with E-state index in [9.17, 15) is 9.59 Å². The molecule has 1 fully saturated rings. The third kappa shape index (κ3) is 3.37. The standard InChI is InChI=1S/C18H17ClN2O2/c19-17-4-2-1-3-16(17)18(23)21-11-9-20(10-12-21)15-7-5-14(13-22)6-8-15/h1-8,13H,9-12H2. The highest BCUT2D eigenvalue weighted by Gasteiger charge is 2.23. The van der Waals surface area contributed by atoms with E-state index in [1.807, 2.05) is 41.3 Å². The zero-order valence-corrected chi connectivity index (χ0v) is 13.4. The van der Waals surface area contributed by atoms with Crippen molar-refractivity contribution in [3.05, 3.63) is 64.7 Å². The molecule has 0 aliphatic carbocycles. The summed E-state index contributed by atoms with van der Waals surface area (Å²) < 4.78 is 0. The van der Waals surface area contributed by atoms with Crippen molar-refractivity contribution in [3.63, 3.8) is 0 Å². The Morgan fingerprint density at radius 2 is 1.61 bits per heavy atom. The van der Waals surface area contributed by atoms with E-state index in [2.05, 4.69) is 4.90 Å². The van der Waals surface area contributed by atoms with Crippen molar-refractivity contribution in [2.24, 2.45) is 0 Å². The number of piperazine rings is 1. The van der Waals surface area contributed by atoms with Gasteiger partial charge >= 0.3 is 0 Å². The molecular weight excluding hydrogens is 312 g/mol. The Morgan fingerprint density at radius 1 is 0.957 bits per heavy atom. The summed E-state index contributed by atoms with van der Waals surface area (Å²) in [6.07, 6.45) is 0.837. The fraction of sp³-hybridized carbons (Fsp3) is 0.222. The highest BCUT2D eigenvalue weighted by Crippen LogP contribution is 2.20. The minimum absolute atomic E-state index is 0.0217. The summed E-state index contributed by atoms with van der Waals surface area (Å²) in [4.78, 5) is 27.3. The molecule has 0 spiro atoms. The third-order valence-corrected chi connectivity index (χ3v) is 4.40. The van der Waals surface area contributed by atoms with Crippen LogP contribution in [0.25, 0.3) is 0 Å². The van der Waals surface area contributed by atoms with Gasteiger partial charge in [0.25, 0.3) is 5.91 Å². The molecule has 5 heteroatoms. The van der Waals surface area contributed by atoms with Gasteiger partial charge in [-0.2, -0.15) is 0 Å².